The van der Waals surface area contributed by atoms with Crippen molar-refractivity contribution in [3.8, 4) is 0 Å². The fourth-order valence-corrected chi connectivity index (χ4v) is 4.65. The summed E-state index contributed by atoms with van der Waals surface area (Å²) in [6.45, 7) is 1.29. The number of hydrogen-bond donors (Lipinski definition) is 2. The van der Waals surface area contributed by atoms with Gasteiger partial charge in [0.05, 0.1) is 0 Å². The number of thioether (sulfide) groups is 1. The van der Waals surface area contributed by atoms with Crippen LogP contribution in [0.5, 0.6) is 0 Å². The van der Waals surface area contributed by atoms with E-state index in [1.807, 2.05) is 12.1 Å². The van der Waals surface area contributed by atoms with Crippen molar-refractivity contribution in [2.24, 2.45) is 0 Å². The van der Waals surface area contributed by atoms with Gasteiger partial charge < -0.3 is 15.5 Å². The molecule has 2 aromatic carbocycles. The van der Waals surface area contributed by atoms with E-state index in [1.54, 1.807) is 28.8 Å². The van der Waals surface area contributed by atoms with Gasteiger partial charge in [-0.3, -0.25) is 9.59 Å². The summed E-state index contributed by atoms with van der Waals surface area (Å²) in [6.07, 6.45) is 3.18. The molecule has 3 atom stereocenters. The molecule has 2 fully saturated rings. The molecule has 0 aliphatic carbocycles. The maximum absolute atomic E-state index is 13.0. The van der Waals surface area contributed by atoms with Crippen LogP contribution < -0.4 is 10.6 Å². The van der Waals surface area contributed by atoms with Crippen LogP contribution in [0.2, 0.25) is 5.02 Å². The van der Waals surface area contributed by atoms with Crippen molar-refractivity contribution in [1.29, 1.82) is 0 Å². The number of halogens is 1. The van der Waals surface area contributed by atoms with Crippen LogP contribution in [0.15, 0.2) is 53.4 Å². The molecule has 2 heterocycles. The van der Waals surface area contributed by atoms with Crippen LogP contribution in [-0.4, -0.2) is 47.6 Å². The Balaban J connectivity index is 1.38. The molecule has 0 radical (unpaired) electrons. The predicted octanol–water partition coefficient (Wildman–Crippen LogP) is 2.86. The lowest BCUT2D eigenvalue weighted by Crippen LogP contribution is -2.61. The van der Waals surface area contributed by atoms with Crippen molar-refractivity contribution >= 4 is 35.2 Å². The van der Waals surface area contributed by atoms with Crippen LogP contribution in [0, 0.1) is 0 Å². The third kappa shape index (κ3) is 4.60. The second-order valence-corrected chi connectivity index (χ2v) is 8.88. The van der Waals surface area contributed by atoms with Crippen LogP contribution in [0.3, 0.4) is 0 Å². The lowest BCUT2D eigenvalue weighted by atomic mass is 10.0. The summed E-state index contributed by atoms with van der Waals surface area (Å²) in [7, 11) is 0. The predicted molar refractivity (Wildman–Crippen MR) is 116 cm³/mol. The molecular formula is C22H24ClN3O2S. The Kier molecular flexibility index (Phi) is 6.13. The van der Waals surface area contributed by atoms with Gasteiger partial charge in [-0.25, -0.2) is 0 Å². The van der Waals surface area contributed by atoms with Gasteiger partial charge in [-0.15, -0.1) is 11.8 Å². The van der Waals surface area contributed by atoms with Gasteiger partial charge in [-0.1, -0.05) is 35.9 Å². The fourth-order valence-electron chi connectivity index (χ4n) is 4.04. The van der Waals surface area contributed by atoms with Gasteiger partial charge in [0, 0.05) is 35.5 Å². The molecule has 5 nitrogen and oxygen atoms in total. The molecule has 0 aromatic heterocycles. The van der Waals surface area contributed by atoms with E-state index in [9.17, 15) is 9.59 Å². The maximum Gasteiger partial charge on any atom is 0.246 e. The minimum atomic E-state index is -0.517. The normalized spacial score (nSPS) is 23.8. The molecule has 2 N–H and O–H groups in total. The van der Waals surface area contributed by atoms with E-state index >= 15 is 0 Å². The Hall–Kier alpha value is -2.02. The first-order valence-corrected chi connectivity index (χ1v) is 11.4. The van der Waals surface area contributed by atoms with Gasteiger partial charge in [-0.05, 0) is 48.1 Å². The topological polar surface area (TPSA) is 61.4 Å². The second kappa shape index (κ2) is 8.78. The second-order valence-electron chi connectivity index (χ2n) is 7.56. The first-order valence-electron chi connectivity index (χ1n) is 9.75. The first-order chi connectivity index (χ1) is 14.0. The highest BCUT2D eigenvalue weighted by Crippen LogP contribution is 2.25. The van der Waals surface area contributed by atoms with Crippen LogP contribution in [0.4, 0.5) is 0 Å². The van der Waals surface area contributed by atoms with Crippen LogP contribution in [-0.2, 0) is 22.6 Å². The monoisotopic (exact) mass is 429 g/mol. The maximum atomic E-state index is 13.0. The lowest BCUT2D eigenvalue weighted by molar-refractivity contribution is -0.147. The number of rotatable bonds is 6. The third-order valence-electron chi connectivity index (χ3n) is 5.58. The molecule has 2 amide bonds. The summed E-state index contributed by atoms with van der Waals surface area (Å²) in [6, 6.07) is 15.0. The van der Waals surface area contributed by atoms with Crippen molar-refractivity contribution < 1.29 is 9.59 Å². The summed E-state index contributed by atoms with van der Waals surface area (Å²) in [5.41, 5.74) is 2.19. The zero-order chi connectivity index (χ0) is 20.4. The summed E-state index contributed by atoms with van der Waals surface area (Å²) in [5.74, 6) is -0.0597. The highest BCUT2D eigenvalue weighted by atomic mass is 35.5. The Morgan fingerprint density at radius 1 is 1.17 bits per heavy atom. The lowest BCUT2D eigenvalue weighted by Gasteiger charge is -2.34. The van der Waals surface area contributed by atoms with E-state index in [0.717, 1.165) is 12.1 Å². The SMILES string of the molecule is CSc1cccc(CN[C@H]2C[C@H]3C(=O)N[C@@H](Cc4ccc(Cl)cc4)C(=O)N3C2)c1. The molecule has 0 saturated carbocycles. The number of benzene rings is 2. The van der Waals surface area contributed by atoms with Crippen LogP contribution in [0.1, 0.15) is 17.5 Å². The van der Waals surface area contributed by atoms with Gasteiger partial charge in [0.15, 0.2) is 0 Å². The number of nitrogens with zero attached hydrogens (tertiary/aromatic N) is 1. The number of hydrogen-bond acceptors (Lipinski definition) is 4. The highest BCUT2D eigenvalue weighted by Gasteiger charge is 2.46. The quantitative estimate of drug-likeness (QED) is 0.693. The van der Waals surface area contributed by atoms with Gasteiger partial charge in [-0.2, -0.15) is 0 Å². The molecular weight excluding hydrogens is 406 g/mol. The number of nitrogens with one attached hydrogen (secondary N) is 2. The molecule has 2 aliphatic heterocycles. The number of carbonyl (C=O) groups is 2. The van der Waals surface area contributed by atoms with Crippen molar-refractivity contribution in [1.82, 2.24) is 15.5 Å². The molecule has 152 valence electrons. The molecule has 7 heteroatoms. The number of piperazine rings is 1. The van der Waals surface area contributed by atoms with Gasteiger partial charge in [0.1, 0.15) is 12.1 Å². The molecule has 2 saturated heterocycles. The highest BCUT2D eigenvalue weighted by molar-refractivity contribution is 7.98. The average Bonchev–Trinajstić information content (AvgIpc) is 3.17. The molecule has 2 aromatic rings. The third-order valence-corrected chi connectivity index (χ3v) is 6.56. The Morgan fingerprint density at radius 3 is 2.72 bits per heavy atom. The summed E-state index contributed by atoms with van der Waals surface area (Å²) in [4.78, 5) is 28.6. The van der Waals surface area contributed by atoms with Gasteiger partial charge in [0.2, 0.25) is 11.8 Å². The standard InChI is InChI=1S/C22H24ClN3O2S/c1-29-18-4-2-3-15(9-18)12-24-17-11-20-21(27)25-19(22(28)26(20)13-17)10-14-5-7-16(23)8-6-14/h2-9,17,19-20,24H,10-13H2,1H3,(H,25,27)/t17-,19-,20-/m0/s1. The van der Waals surface area contributed by atoms with Gasteiger partial charge >= 0.3 is 0 Å². The van der Waals surface area contributed by atoms with E-state index in [-0.39, 0.29) is 23.9 Å². The smallest absolute Gasteiger partial charge is 0.246 e. The molecule has 0 spiro atoms. The first kappa shape index (κ1) is 20.3. The summed E-state index contributed by atoms with van der Waals surface area (Å²) < 4.78 is 0. The zero-order valence-corrected chi connectivity index (χ0v) is 17.8. The Morgan fingerprint density at radius 2 is 1.97 bits per heavy atom. The Labute approximate surface area is 180 Å². The van der Waals surface area contributed by atoms with E-state index in [2.05, 4.69) is 41.2 Å². The van der Waals surface area contributed by atoms with E-state index in [0.29, 0.717) is 24.4 Å². The molecule has 4 rings (SSSR count). The van der Waals surface area contributed by atoms with Gasteiger partial charge in [0.25, 0.3) is 0 Å². The zero-order valence-electron chi connectivity index (χ0n) is 16.2. The minimum absolute atomic E-state index is 0.00164. The molecule has 29 heavy (non-hydrogen) atoms. The minimum Gasteiger partial charge on any atom is -0.342 e. The average molecular weight is 430 g/mol. The van der Waals surface area contributed by atoms with Crippen LogP contribution in [0.25, 0.3) is 0 Å². The van der Waals surface area contributed by atoms with Crippen LogP contribution >= 0.6 is 23.4 Å². The van der Waals surface area contributed by atoms with E-state index in [4.69, 9.17) is 11.6 Å². The largest absolute Gasteiger partial charge is 0.342 e. The summed E-state index contributed by atoms with van der Waals surface area (Å²) in [5, 5.41) is 7.09. The molecule has 2 aliphatic rings. The van der Waals surface area contributed by atoms with Crippen molar-refractivity contribution in [2.75, 3.05) is 12.8 Å². The van der Waals surface area contributed by atoms with Crippen molar-refractivity contribution in [3.63, 3.8) is 0 Å². The molecule has 0 unspecified atom stereocenters. The number of fused-ring (bicyclic) bond motifs is 1. The number of carbonyl (C=O) groups excluding carboxylic acids is 2. The Bertz CT molecular complexity index is 905. The van der Waals surface area contributed by atoms with Crippen molar-refractivity contribution in [3.05, 3.63) is 64.7 Å². The van der Waals surface area contributed by atoms with E-state index < -0.39 is 6.04 Å². The molecule has 0 bridgehead atoms. The van der Waals surface area contributed by atoms with E-state index in [1.165, 1.54) is 10.5 Å². The van der Waals surface area contributed by atoms with Crippen molar-refractivity contribution in [2.45, 2.75) is 42.4 Å². The fraction of sp³-hybridized carbons (Fsp3) is 0.364. The summed E-state index contributed by atoms with van der Waals surface area (Å²) >= 11 is 7.65. The number of amides is 2.